The molecular weight excluding hydrogens is 386 g/mol. The molecule has 2 heterocycles. The summed E-state index contributed by atoms with van der Waals surface area (Å²) in [5.41, 5.74) is 13.1. The lowest BCUT2D eigenvalue weighted by Gasteiger charge is -2.29. The van der Waals surface area contributed by atoms with Crippen LogP contribution in [0.4, 0.5) is 17.5 Å². The fourth-order valence-electron chi connectivity index (χ4n) is 3.46. The zero-order valence-electron chi connectivity index (χ0n) is 16.2. The minimum atomic E-state index is -0.645. The molecule has 1 saturated carbocycles. The molecule has 0 radical (unpaired) electrons. The lowest BCUT2D eigenvalue weighted by molar-refractivity contribution is 0.100. The molecular formula is C19H23N9O2. The maximum atomic E-state index is 11.9. The van der Waals surface area contributed by atoms with Gasteiger partial charge in [-0.05, 0) is 31.0 Å². The van der Waals surface area contributed by atoms with Crippen LogP contribution in [0.25, 0.3) is 5.69 Å². The van der Waals surface area contributed by atoms with E-state index in [1.165, 1.54) is 17.2 Å². The Labute approximate surface area is 172 Å². The molecule has 0 unspecified atom stereocenters. The van der Waals surface area contributed by atoms with Crippen molar-refractivity contribution in [3.63, 3.8) is 0 Å². The van der Waals surface area contributed by atoms with Crippen LogP contribution in [0.3, 0.4) is 0 Å². The van der Waals surface area contributed by atoms with E-state index in [2.05, 4.69) is 30.8 Å². The molecule has 11 heteroatoms. The summed E-state index contributed by atoms with van der Waals surface area (Å²) in [6.07, 6.45) is 6.74. The molecule has 0 aliphatic heterocycles. The number of aromatic hydroxyl groups is 1. The monoisotopic (exact) mass is 409 g/mol. The van der Waals surface area contributed by atoms with Gasteiger partial charge >= 0.3 is 0 Å². The molecule has 0 saturated heterocycles. The van der Waals surface area contributed by atoms with Crippen molar-refractivity contribution in [3.05, 3.63) is 42.2 Å². The Morgan fingerprint density at radius 3 is 2.80 bits per heavy atom. The predicted octanol–water partition coefficient (Wildman–Crippen LogP) is 1.29. The third-order valence-electron chi connectivity index (χ3n) is 5.01. The molecule has 3 aromatic rings. The van der Waals surface area contributed by atoms with Gasteiger partial charge in [-0.3, -0.25) is 4.79 Å². The molecule has 1 fully saturated rings. The van der Waals surface area contributed by atoms with Gasteiger partial charge in [0, 0.05) is 24.0 Å². The first kappa shape index (κ1) is 19.6. The van der Waals surface area contributed by atoms with Gasteiger partial charge in [0.05, 0.1) is 5.69 Å². The number of rotatable bonds is 6. The number of carbonyl (C=O) groups excluding carboxylic acids is 1. The van der Waals surface area contributed by atoms with Crippen molar-refractivity contribution in [2.45, 2.75) is 37.8 Å². The van der Waals surface area contributed by atoms with Gasteiger partial charge in [-0.2, -0.15) is 10.1 Å². The van der Waals surface area contributed by atoms with E-state index in [1.807, 2.05) is 0 Å². The fraction of sp³-hybridized carbons (Fsp3) is 0.316. The molecule has 0 spiro atoms. The van der Waals surface area contributed by atoms with Crippen molar-refractivity contribution in [2.24, 2.45) is 11.5 Å². The number of anilines is 3. The van der Waals surface area contributed by atoms with Crippen LogP contribution < -0.4 is 22.1 Å². The van der Waals surface area contributed by atoms with Crippen LogP contribution in [0.5, 0.6) is 5.88 Å². The van der Waals surface area contributed by atoms with Gasteiger partial charge in [-0.1, -0.05) is 18.9 Å². The smallest absolute Gasteiger partial charge is 0.254 e. The predicted molar refractivity (Wildman–Crippen MR) is 111 cm³/mol. The first-order chi connectivity index (χ1) is 14.5. The van der Waals surface area contributed by atoms with Gasteiger partial charge in [-0.25, -0.2) is 4.98 Å². The Balaban J connectivity index is 1.60. The zero-order valence-corrected chi connectivity index (χ0v) is 16.2. The zero-order chi connectivity index (χ0) is 21.1. The average molecular weight is 409 g/mol. The second kappa shape index (κ2) is 8.33. The minimum Gasteiger partial charge on any atom is -0.491 e. The molecule has 11 nitrogen and oxygen atoms in total. The third kappa shape index (κ3) is 4.30. The van der Waals surface area contributed by atoms with Crippen molar-refractivity contribution >= 4 is 23.4 Å². The molecule has 2 atom stereocenters. The van der Waals surface area contributed by atoms with Crippen molar-refractivity contribution in [1.82, 2.24) is 25.0 Å². The number of primary amides is 1. The Morgan fingerprint density at radius 2 is 2.07 bits per heavy atom. The molecule has 1 aliphatic rings. The van der Waals surface area contributed by atoms with Gasteiger partial charge in [-0.15, -0.1) is 9.90 Å². The van der Waals surface area contributed by atoms with E-state index in [0.717, 1.165) is 25.7 Å². The van der Waals surface area contributed by atoms with E-state index in [9.17, 15) is 9.90 Å². The molecule has 1 aliphatic carbocycles. The molecule has 4 rings (SSSR count). The number of amides is 1. The summed E-state index contributed by atoms with van der Waals surface area (Å²) in [5.74, 6) is -0.178. The highest BCUT2D eigenvalue weighted by atomic mass is 16.3. The van der Waals surface area contributed by atoms with E-state index in [4.69, 9.17) is 11.5 Å². The van der Waals surface area contributed by atoms with Crippen LogP contribution in [0, 0.1) is 0 Å². The second-order valence-electron chi connectivity index (χ2n) is 7.19. The molecule has 156 valence electrons. The van der Waals surface area contributed by atoms with Gasteiger partial charge < -0.3 is 27.2 Å². The van der Waals surface area contributed by atoms with Crippen molar-refractivity contribution in [3.8, 4) is 11.6 Å². The number of aromatic nitrogens is 5. The summed E-state index contributed by atoms with van der Waals surface area (Å²) in [7, 11) is 0. The van der Waals surface area contributed by atoms with Crippen LogP contribution in [0.1, 0.15) is 36.0 Å². The van der Waals surface area contributed by atoms with Gasteiger partial charge in [0.25, 0.3) is 11.8 Å². The quantitative estimate of drug-likeness (QED) is 0.402. The summed E-state index contributed by atoms with van der Waals surface area (Å²) >= 11 is 0. The summed E-state index contributed by atoms with van der Waals surface area (Å²) in [6.45, 7) is 0. The molecule has 30 heavy (non-hydrogen) atoms. The lowest BCUT2D eigenvalue weighted by Crippen LogP contribution is -2.43. The van der Waals surface area contributed by atoms with Crippen molar-refractivity contribution in [1.29, 1.82) is 0 Å². The first-order valence-electron chi connectivity index (χ1n) is 9.67. The van der Waals surface area contributed by atoms with Crippen LogP contribution in [0.2, 0.25) is 0 Å². The highest BCUT2D eigenvalue weighted by Crippen LogP contribution is 2.24. The second-order valence-corrected chi connectivity index (χ2v) is 7.19. The number of benzene rings is 1. The fourth-order valence-corrected chi connectivity index (χ4v) is 3.46. The van der Waals surface area contributed by atoms with Gasteiger partial charge in [0.15, 0.2) is 0 Å². The number of nitrogens with one attached hydrogen (secondary N) is 2. The largest absolute Gasteiger partial charge is 0.491 e. The number of hydrogen-bond acceptors (Lipinski definition) is 9. The Bertz CT molecular complexity index is 1050. The van der Waals surface area contributed by atoms with Crippen LogP contribution in [-0.4, -0.2) is 48.1 Å². The van der Waals surface area contributed by atoms with Crippen molar-refractivity contribution < 1.29 is 9.90 Å². The maximum absolute atomic E-state index is 11.9. The minimum absolute atomic E-state index is 0.0317. The maximum Gasteiger partial charge on any atom is 0.254 e. The van der Waals surface area contributed by atoms with Gasteiger partial charge in [0.2, 0.25) is 5.95 Å². The topological polar surface area (TPSA) is 170 Å². The highest BCUT2D eigenvalue weighted by molar-refractivity contribution is 5.98. The van der Waals surface area contributed by atoms with Gasteiger partial charge in [0.1, 0.15) is 17.6 Å². The normalized spacial score (nSPS) is 18.7. The van der Waals surface area contributed by atoms with Crippen LogP contribution >= 0.6 is 0 Å². The number of nitrogens with two attached hydrogens (primary N) is 2. The van der Waals surface area contributed by atoms with Crippen molar-refractivity contribution in [2.75, 3.05) is 10.6 Å². The third-order valence-corrected chi connectivity index (χ3v) is 5.01. The van der Waals surface area contributed by atoms with E-state index in [0.29, 0.717) is 17.3 Å². The standard InChI is InChI=1S/C19H23N9O2/c20-14-6-1-2-7-15(14)25-19-22-9-13(17(21)30)18(26-19)24-11-4-3-5-12(8-11)28-23-10-16(29)27-28/h3-5,8-10,14-15H,1-2,6-7,20H2,(H2,21,30)(H,27,29)(H2,22,24,25,26)/t14-,15+/m0/s1. The highest BCUT2D eigenvalue weighted by Gasteiger charge is 2.23. The van der Waals surface area contributed by atoms with E-state index >= 15 is 0 Å². The first-order valence-corrected chi connectivity index (χ1v) is 9.67. The summed E-state index contributed by atoms with van der Waals surface area (Å²) < 4.78 is 0. The molecule has 7 N–H and O–H groups in total. The summed E-state index contributed by atoms with van der Waals surface area (Å²) in [5, 5.41) is 23.6. The molecule has 1 aromatic carbocycles. The Hall–Kier alpha value is -3.73. The molecule has 0 bridgehead atoms. The number of hydrogen-bond donors (Lipinski definition) is 5. The van der Waals surface area contributed by atoms with E-state index in [-0.39, 0.29) is 29.3 Å². The number of carbonyl (C=O) groups is 1. The Morgan fingerprint density at radius 1 is 1.23 bits per heavy atom. The summed E-state index contributed by atoms with van der Waals surface area (Å²) in [6, 6.07) is 7.21. The van der Waals surface area contributed by atoms with E-state index < -0.39 is 5.91 Å². The SMILES string of the molecule is NC(=O)c1cnc(N[C@@H]2CCCC[C@@H]2N)nc1Nc1cccc(-n2ncc(O)n2)c1. The number of nitrogens with zero attached hydrogens (tertiary/aromatic N) is 5. The molecule has 2 aromatic heterocycles. The van der Waals surface area contributed by atoms with Crippen LogP contribution in [-0.2, 0) is 0 Å². The lowest BCUT2D eigenvalue weighted by atomic mass is 9.91. The van der Waals surface area contributed by atoms with Crippen LogP contribution in [0.15, 0.2) is 36.7 Å². The molecule has 1 amide bonds. The Kier molecular flexibility index (Phi) is 5.44. The average Bonchev–Trinajstić information content (AvgIpc) is 3.16. The summed E-state index contributed by atoms with van der Waals surface area (Å²) in [4.78, 5) is 21.8. The van der Waals surface area contributed by atoms with E-state index in [1.54, 1.807) is 24.3 Å².